The SMILES string of the molecule is COc1cc2c(cc1C1=NN=C(N)CC1C)OC(C)C2. The van der Waals surface area contributed by atoms with Crippen molar-refractivity contribution < 1.29 is 9.47 Å². The van der Waals surface area contributed by atoms with Crippen LogP contribution in [0.15, 0.2) is 22.3 Å². The molecule has 0 fully saturated rings. The van der Waals surface area contributed by atoms with E-state index in [1.165, 1.54) is 5.56 Å². The minimum absolute atomic E-state index is 0.212. The number of amidine groups is 1. The summed E-state index contributed by atoms with van der Waals surface area (Å²) in [5, 5.41) is 8.27. The summed E-state index contributed by atoms with van der Waals surface area (Å²) >= 11 is 0. The number of ether oxygens (including phenoxy) is 2. The van der Waals surface area contributed by atoms with Crippen molar-refractivity contribution in [3.63, 3.8) is 0 Å². The Kier molecular flexibility index (Phi) is 3.12. The second-order valence-corrected chi connectivity index (χ2v) is 5.47. The first-order valence-corrected chi connectivity index (χ1v) is 6.86. The molecule has 1 aromatic carbocycles. The van der Waals surface area contributed by atoms with Gasteiger partial charge >= 0.3 is 0 Å². The first-order chi connectivity index (χ1) is 9.58. The number of fused-ring (bicyclic) bond motifs is 1. The average molecular weight is 273 g/mol. The monoisotopic (exact) mass is 273 g/mol. The van der Waals surface area contributed by atoms with E-state index in [1.54, 1.807) is 7.11 Å². The molecule has 2 aliphatic heterocycles. The molecule has 20 heavy (non-hydrogen) atoms. The first kappa shape index (κ1) is 13.0. The molecule has 0 saturated heterocycles. The molecule has 0 amide bonds. The summed E-state index contributed by atoms with van der Waals surface area (Å²) in [7, 11) is 1.68. The number of benzene rings is 1. The molecule has 5 nitrogen and oxygen atoms in total. The van der Waals surface area contributed by atoms with Crippen LogP contribution in [0, 0.1) is 5.92 Å². The van der Waals surface area contributed by atoms with Crippen LogP contribution in [0.5, 0.6) is 11.5 Å². The van der Waals surface area contributed by atoms with Crippen molar-refractivity contribution in [3.05, 3.63) is 23.3 Å². The summed E-state index contributed by atoms with van der Waals surface area (Å²) in [6.45, 7) is 4.16. The van der Waals surface area contributed by atoms with Crippen molar-refractivity contribution >= 4 is 11.5 Å². The third kappa shape index (κ3) is 2.13. The van der Waals surface area contributed by atoms with Gasteiger partial charge in [0.1, 0.15) is 23.4 Å². The highest BCUT2D eigenvalue weighted by Gasteiger charge is 2.26. The molecular weight excluding hydrogens is 254 g/mol. The maximum Gasteiger partial charge on any atom is 0.128 e. The Morgan fingerprint density at radius 3 is 2.75 bits per heavy atom. The largest absolute Gasteiger partial charge is 0.496 e. The summed E-state index contributed by atoms with van der Waals surface area (Å²) in [6.07, 6.45) is 1.85. The number of methoxy groups -OCH3 is 1. The number of nitrogens with zero attached hydrogens (tertiary/aromatic N) is 2. The van der Waals surface area contributed by atoms with Crippen LogP contribution in [0.1, 0.15) is 31.4 Å². The van der Waals surface area contributed by atoms with Crippen molar-refractivity contribution in [2.75, 3.05) is 7.11 Å². The summed E-state index contributed by atoms with van der Waals surface area (Å²) in [5.41, 5.74) is 8.77. The molecule has 0 aromatic heterocycles. The third-order valence-corrected chi connectivity index (χ3v) is 3.76. The van der Waals surface area contributed by atoms with Crippen LogP contribution in [-0.4, -0.2) is 24.8 Å². The zero-order valence-electron chi connectivity index (χ0n) is 12.0. The van der Waals surface area contributed by atoms with Gasteiger partial charge in [-0.15, -0.1) is 5.10 Å². The van der Waals surface area contributed by atoms with Crippen LogP contribution in [0.2, 0.25) is 0 Å². The molecule has 106 valence electrons. The van der Waals surface area contributed by atoms with Gasteiger partial charge in [0.15, 0.2) is 0 Å². The Morgan fingerprint density at radius 1 is 1.25 bits per heavy atom. The van der Waals surface area contributed by atoms with Gasteiger partial charge in [-0.25, -0.2) is 0 Å². The van der Waals surface area contributed by atoms with E-state index < -0.39 is 0 Å². The molecule has 0 aliphatic carbocycles. The van der Waals surface area contributed by atoms with Crippen molar-refractivity contribution in [3.8, 4) is 11.5 Å². The standard InChI is InChI=1S/C15H19N3O2/c1-8-4-14(16)17-18-15(8)11-7-12-10(5-9(2)20-12)6-13(11)19-3/h6-9H,4-5H2,1-3H3,(H2,16,17). The molecule has 0 spiro atoms. The lowest BCUT2D eigenvalue weighted by atomic mass is 9.92. The molecule has 2 atom stereocenters. The van der Waals surface area contributed by atoms with Crippen LogP contribution in [0.25, 0.3) is 0 Å². The fourth-order valence-corrected chi connectivity index (χ4v) is 2.80. The van der Waals surface area contributed by atoms with Gasteiger partial charge in [-0.1, -0.05) is 6.92 Å². The number of hydrogen-bond acceptors (Lipinski definition) is 5. The minimum Gasteiger partial charge on any atom is -0.496 e. The van der Waals surface area contributed by atoms with E-state index >= 15 is 0 Å². The molecule has 5 heteroatoms. The molecule has 3 rings (SSSR count). The van der Waals surface area contributed by atoms with Gasteiger partial charge in [-0.05, 0) is 19.1 Å². The smallest absolute Gasteiger partial charge is 0.128 e. The van der Waals surface area contributed by atoms with Crippen LogP contribution in [0.3, 0.4) is 0 Å². The van der Waals surface area contributed by atoms with Gasteiger partial charge in [0.2, 0.25) is 0 Å². The van der Waals surface area contributed by atoms with E-state index in [4.69, 9.17) is 15.2 Å². The van der Waals surface area contributed by atoms with Gasteiger partial charge < -0.3 is 15.2 Å². The van der Waals surface area contributed by atoms with E-state index in [1.807, 2.05) is 12.1 Å². The fourth-order valence-electron chi connectivity index (χ4n) is 2.80. The summed E-state index contributed by atoms with van der Waals surface area (Å²) < 4.78 is 11.3. The lowest BCUT2D eigenvalue weighted by Crippen LogP contribution is -2.25. The number of hydrogen-bond donors (Lipinski definition) is 1. The Labute approximate surface area is 118 Å². The lowest BCUT2D eigenvalue weighted by Gasteiger charge is -2.19. The Bertz CT molecular complexity index is 607. The zero-order valence-corrected chi connectivity index (χ0v) is 12.0. The molecule has 2 unspecified atom stereocenters. The predicted octanol–water partition coefficient (Wildman–Crippen LogP) is 2.12. The van der Waals surface area contributed by atoms with Crippen LogP contribution < -0.4 is 15.2 Å². The molecular formula is C15H19N3O2. The normalized spacial score (nSPS) is 24.6. The van der Waals surface area contributed by atoms with Crippen molar-refractivity contribution in [2.24, 2.45) is 21.9 Å². The summed E-state index contributed by atoms with van der Waals surface area (Å²) in [5.74, 6) is 2.54. The average Bonchev–Trinajstić information content (AvgIpc) is 2.76. The van der Waals surface area contributed by atoms with Crippen LogP contribution >= 0.6 is 0 Å². The Balaban J connectivity index is 2.08. The summed E-state index contributed by atoms with van der Waals surface area (Å²) in [6, 6.07) is 4.06. The molecule has 0 bridgehead atoms. The number of rotatable bonds is 2. The maximum absolute atomic E-state index is 5.82. The van der Waals surface area contributed by atoms with E-state index in [9.17, 15) is 0 Å². The van der Waals surface area contributed by atoms with Crippen molar-refractivity contribution in [1.29, 1.82) is 0 Å². The zero-order chi connectivity index (χ0) is 14.3. The third-order valence-electron chi connectivity index (χ3n) is 3.76. The first-order valence-electron chi connectivity index (χ1n) is 6.86. The highest BCUT2D eigenvalue weighted by atomic mass is 16.5. The fraction of sp³-hybridized carbons (Fsp3) is 0.467. The van der Waals surface area contributed by atoms with E-state index in [-0.39, 0.29) is 12.0 Å². The predicted molar refractivity (Wildman–Crippen MR) is 78.7 cm³/mol. The summed E-state index contributed by atoms with van der Waals surface area (Å²) in [4.78, 5) is 0. The van der Waals surface area contributed by atoms with Gasteiger partial charge in [-0.2, -0.15) is 5.10 Å². The second kappa shape index (κ2) is 4.81. The van der Waals surface area contributed by atoms with E-state index in [0.717, 1.165) is 35.6 Å². The number of nitrogens with two attached hydrogens (primary N) is 1. The van der Waals surface area contributed by atoms with Gasteiger partial charge in [0, 0.05) is 29.9 Å². The van der Waals surface area contributed by atoms with Gasteiger partial charge in [-0.3, -0.25) is 0 Å². The molecule has 2 aliphatic rings. The Hall–Kier alpha value is -2.04. The quantitative estimate of drug-likeness (QED) is 0.897. The highest BCUT2D eigenvalue weighted by Crippen LogP contribution is 2.36. The minimum atomic E-state index is 0.212. The maximum atomic E-state index is 5.82. The van der Waals surface area contributed by atoms with Crippen LogP contribution in [-0.2, 0) is 6.42 Å². The highest BCUT2D eigenvalue weighted by molar-refractivity contribution is 6.07. The molecule has 0 saturated carbocycles. The van der Waals surface area contributed by atoms with Crippen molar-refractivity contribution in [1.82, 2.24) is 0 Å². The van der Waals surface area contributed by atoms with Gasteiger partial charge in [0.25, 0.3) is 0 Å². The molecule has 1 aromatic rings. The van der Waals surface area contributed by atoms with Gasteiger partial charge in [0.05, 0.1) is 12.8 Å². The molecule has 2 heterocycles. The second-order valence-electron chi connectivity index (χ2n) is 5.47. The molecule has 0 radical (unpaired) electrons. The van der Waals surface area contributed by atoms with E-state index in [2.05, 4.69) is 24.1 Å². The lowest BCUT2D eigenvalue weighted by molar-refractivity contribution is 0.254. The Morgan fingerprint density at radius 2 is 2.05 bits per heavy atom. The topological polar surface area (TPSA) is 69.2 Å². The van der Waals surface area contributed by atoms with E-state index in [0.29, 0.717) is 5.84 Å². The van der Waals surface area contributed by atoms with Crippen LogP contribution in [0.4, 0.5) is 0 Å². The molecule has 2 N–H and O–H groups in total. The van der Waals surface area contributed by atoms with Crippen molar-refractivity contribution in [2.45, 2.75) is 32.8 Å².